The number of rotatable bonds is 7. The Labute approximate surface area is 153 Å². The number of nitrogens with one attached hydrogen (secondary N) is 1. The van der Waals surface area contributed by atoms with Crippen molar-refractivity contribution in [3.63, 3.8) is 0 Å². The lowest BCUT2D eigenvalue weighted by atomic mass is 9.98. The fourth-order valence-electron chi connectivity index (χ4n) is 3.31. The van der Waals surface area contributed by atoms with Gasteiger partial charge in [0.2, 0.25) is 15.9 Å². The number of sulfonamides is 1. The Morgan fingerprint density at radius 1 is 1.19 bits per heavy atom. The van der Waals surface area contributed by atoms with E-state index < -0.39 is 28.0 Å². The first kappa shape index (κ1) is 18.8. The summed E-state index contributed by atoms with van der Waals surface area (Å²) in [6.07, 6.45) is 3.59. The Bertz CT molecular complexity index is 761. The zero-order valence-electron chi connectivity index (χ0n) is 14.5. The average Bonchev–Trinajstić information content (AvgIpc) is 3.46. The van der Waals surface area contributed by atoms with E-state index in [4.69, 9.17) is 0 Å². The van der Waals surface area contributed by atoms with Gasteiger partial charge in [0.15, 0.2) is 0 Å². The molecule has 2 N–H and O–H groups in total. The van der Waals surface area contributed by atoms with E-state index in [1.54, 1.807) is 18.2 Å². The van der Waals surface area contributed by atoms with Crippen molar-refractivity contribution in [2.75, 3.05) is 13.1 Å². The molecule has 0 aromatic heterocycles. The minimum Gasteiger partial charge on any atom is -0.480 e. The fourth-order valence-corrected chi connectivity index (χ4v) is 4.86. The van der Waals surface area contributed by atoms with E-state index >= 15 is 0 Å². The molecule has 8 heteroatoms. The lowest BCUT2D eigenvalue weighted by Gasteiger charge is -2.31. The van der Waals surface area contributed by atoms with Gasteiger partial charge in [-0.3, -0.25) is 4.79 Å². The van der Waals surface area contributed by atoms with E-state index in [0.717, 1.165) is 12.8 Å². The second-order valence-electron chi connectivity index (χ2n) is 7.09. The number of benzene rings is 1. The van der Waals surface area contributed by atoms with Crippen LogP contribution < -0.4 is 5.32 Å². The molecule has 0 spiro atoms. The number of aliphatic carboxylic acids is 1. The van der Waals surface area contributed by atoms with Crippen LogP contribution in [0.4, 0.5) is 0 Å². The van der Waals surface area contributed by atoms with Gasteiger partial charge >= 0.3 is 5.97 Å². The number of carbonyl (C=O) groups is 2. The fraction of sp³-hybridized carbons (Fsp3) is 0.556. The smallest absolute Gasteiger partial charge is 0.326 e. The highest BCUT2D eigenvalue weighted by Crippen LogP contribution is 2.33. The van der Waals surface area contributed by atoms with Crippen molar-refractivity contribution < 1.29 is 23.1 Å². The Balaban J connectivity index is 1.65. The Hall–Kier alpha value is -1.93. The van der Waals surface area contributed by atoms with Gasteiger partial charge in [0, 0.05) is 13.1 Å². The van der Waals surface area contributed by atoms with Gasteiger partial charge in [0.05, 0.1) is 10.8 Å². The summed E-state index contributed by atoms with van der Waals surface area (Å²) in [7, 11) is -3.65. The predicted octanol–water partition coefficient (Wildman–Crippen LogP) is 1.46. The van der Waals surface area contributed by atoms with Crippen molar-refractivity contribution in [3.8, 4) is 0 Å². The summed E-state index contributed by atoms with van der Waals surface area (Å²) in [4.78, 5) is 24.1. The predicted molar refractivity (Wildman–Crippen MR) is 94.8 cm³/mol. The molecule has 1 heterocycles. The first-order valence-corrected chi connectivity index (χ1v) is 10.4. The lowest BCUT2D eigenvalue weighted by Crippen LogP contribution is -2.49. The summed E-state index contributed by atoms with van der Waals surface area (Å²) in [5, 5.41) is 11.9. The summed E-state index contributed by atoms with van der Waals surface area (Å²) in [6.45, 7) is 0.449. The number of amides is 1. The maximum Gasteiger partial charge on any atom is 0.326 e. The van der Waals surface area contributed by atoms with E-state index in [1.807, 2.05) is 0 Å². The molecule has 0 radical (unpaired) electrons. The highest BCUT2D eigenvalue weighted by Gasteiger charge is 2.36. The molecule has 2 unspecified atom stereocenters. The Morgan fingerprint density at radius 2 is 1.88 bits per heavy atom. The number of carboxylic acid groups (broad SMARTS) is 1. The molecule has 1 aromatic rings. The van der Waals surface area contributed by atoms with Crippen LogP contribution in [-0.4, -0.2) is 48.8 Å². The van der Waals surface area contributed by atoms with Crippen LogP contribution in [0.2, 0.25) is 0 Å². The summed E-state index contributed by atoms with van der Waals surface area (Å²) < 4.78 is 26.8. The summed E-state index contributed by atoms with van der Waals surface area (Å²) >= 11 is 0. The van der Waals surface area contributed by atoms with Crippen molar-refractivity contribution >= 4 is 21.9 Å². The lowest BCUT2D eigenvalue weighted by molar-refractivity contribution is -0.143. The monoisotopic (exact) mass is 380 g/mol. The molecule has 2 fully saturated rings. The van der Waals surface area contributed by atoms with E-state index in [2.05, 4.69) is 5.32 Å². The van der Waals surface area contributed by atoms with Crippen LogP contribution in [0.3, 0.4) is 0 Å². The van der Waals surface area contributed by atoms with Crippen LogP contribution >= 0.6 is 0 Å². The second-order valence-corrected chi connectivity index (χ2v) is 9.03. The largest absolute Gasteiger partial charge is 0.480 e. The van der Waals surface area contributed by atoms with Crippen LogP contribution in [0.5, 0.6) is 0 Å². The summed E-state index contributed by atoms with van der Waals surface area (Å²) in [6, 6.07) is 7.25. The summed E-state index contributed by atoms with van der Waals surface area (Å²) in [5.74, 6) is -1.55. The van der Waals surface area contributed by atoms with E-state index in [0.29, 0.717) is 31.7 Å². The molecule has 1 amide bonds. The molecule has 1 saturated carbocycles. The molecule has 7 nitrogen and oxygen atoms in total. The second kappa shape index (κ2) is 7.75. The third-order valence-electron chi connectivity index (χ3n) is 5.02. The van der Waals surface area contributed by atoms with E-state index in [-0.39, 0.29) is 17.3 Å². The van der Waals surface area contributed by atoms with Crippen LogP contribution in [0.25, 0.3) is 0 Å². The Kier molecular flexibility index (Phi) is 5.62. The number of carboxylic acids is 1. The van der Waals surface area contributed by atoms with Crippen molar-refractivity contribution in [2.45, 2.75) is 43.0 Å². The molecule has 2 aliphatic rings. The third-order valence-corrected chi connectivity index (χ3v) is 6.90. The average molecular weight is 380 g/mol. The molecular weight excluding hydrogens is 356 g/mol. The van der Waals surface area contributed by atoms with Gasteiger partial charge < -0.3 is 10.4 Å². The van der Waals surface area contributed by atoms with Gasteiger partial charge in [-0.2, -0.15) is 4.31 Å². The van der Waals surface area contributed by atoms with Gasteiger partial charge in [0.1, 0.15) is 6.04 Å². The number of piperidine rings is 1. The number of hydrogen-bond acceptors (Lipinski definition) is 4. The van der Waals surface area contributed by atoms with Gasteiger partial charge in [-0.15, -0.1) is 0 Å². The van der Waals surface area contributed by atoms with Crippen LogP contribution in [0, 0.1) is 11.8 Å². The first-order chi connectivity index (χ1) is 12.4. The highest BCUT2D eigenvalue weighted by molar-refractivity contribution is 7.89. The molecule has 26 heavy (non-hydrogen) atoms. The maximum absolute atomic E-state index is 12.7. The standard InChI is InChI=1S/C18H24N2O5S/c21-17(19-16(18(22)23)11-13-8-9-13)14-5-4-10-20(12-14)26(24,25)15-6-2-1-3-7-15/h1-3,6-7,13-14,16H,4-5,8-12H2,(H,19,21)(H,22,23). The molecule has 0 bridgehead atoms. The van der Waals surface area contributed by atoms with E-state index in [1.165, 1.54) is 16.4 Å². The van der Waals surface area contributed by atoms with Crippen molar-refractivity contribution in [1.82, 2.24) is 9.62 Å². The topological polar surface area (TPSA) is 104 Å². The van der Waals surface area contributed by atoms with Gasteiger partial charge in [-0.1, -0.05) is 31.0 Å². The molecule has 1 aliphatic carbocycles. The number of hydrogen-bond donors (Lipinski definition) is 2. The van der Waals surface area contributed by atoms with E-state index in [9.17, 15) is 23.1 Å². The zero-order valence-corrected chi connectivity index (χ0v) is 15.3. The van der Waals surface area contributed by atoms with Gasteiger partial charge in [-0.05, 0) is 37.3 Å². The zero-order chi connectivity index (χ0) is 18.7. The van der Waals surface area contributed by atoms with Crippen LogP contribution in [0.15, 0.2) is 35.2 Å². The molecule has 142 valence electrons. The quantitative estimate of drug-likeness (QED) is 0.745. The minimum atomic E-state index is -3.65. The van der Waals surface area contributed by atoms with Gasteiger partial charge in [0.25, 0.3) is 0 Å². The normalized spacial score (nSPS) is 22.5. The molecule has 2 atom stereocenters. The molecule has 1 aromatic carbocycles. The highest BCUT2D eigenvalue weighted by atomic mass is 32.2. The number of carbonyl (C=O) groups excluding carboxylic acids is 1. The summed E-state index contributed by atoms with van der Waals surface area (Å²) in [5.41, 5.74) is 0. The molecule has 1 aliphatic heterocycles. The molecule has 1 saturated heterocycles. The van der Waals surface area contributed by atoms with Gasteiger partial charge in [-0.25, -0.2) is 13.2 Å². The van der Waals surface area contributed by atoms with Crippen molar-refractivity contribution in [2.24, 2.45) is 11.8 Å². The molecular formula is C18H24N2O5S. The molecule has 3 rings (SSSR count). The van der Waals surface area contributed by atoms with Crippen molar-refractivity contribution in [3.05, 3.63) is 30.3 Å². The van der Waals surface area contributed by atoms with Crippen LogP contribution in [-0.2, 0) is 19.6 Å². The Morgan fingerprint density at radius 3 is 2.50 bits per heavy atom. The third kappa shape index (κ3) is 4.42. The maximum atomic E-state index is 12.7. The van der Waals surface area contributed by atoms with Crippen LogP contribution in [0.1, 0.15) is 32.1 Å². The van der Waals surface area contributed by atoms with Crippen molar-refractivity contribution in [1.29, 1.82) is 0 Å². The first-order valence-electron chi connectivity index (χ1n) is 8.96. The number of nitrogens with zero attached hydrogens (tertiary/aromatic N) is 1. The minimum absolute atomic E-state index is 0.0822. The SMILES string of the molecule is O=C(NC(CC1CC1)C(=O)O)C1CCCN(S(=O)(=O)c2ccccc2)C1.